The number of hydrogen-bond donors (Lipinski definition) is 1. The van der Waals surface area contributed by atoms with Gasteiger partial charge in [0, 0.05) is 5.92 Å². The first-order valence-corrected chi connectivity index (χ1v) is 9.75. The number of rotatable bonds is 2. The number of benzene rings is 2. The second-order valence-corrected chi connectivity index (χ2v) is 8.41. The van der Waals surface area contributed by atoms with E-state index in [1.165, 1.54) is 60.8 Å². The van der Waals surface area contributed by atoms with E-state index in [2.05, 4.69) is 24.3 Å². The van der Waals surface area contributed by atoms with Crippen LogP contribution in [0.3, 0.4) is 0 Å². The first-order valence-electron chi connectivity index (χ1n) is 9.75. The van der Waals surface area contributed by atoms with Gasteiger partial charge in [0.05, 0.1) is 5.92 Å². The molecule has 3 atom stereocenters. The van der Waals surface area contributed by atoms with Gasteiger partial charge < -0.3 is 5.11 Å². The van der Waals surface area contributed by atoms with Crippen LogP contribution in [0.4, 0.5) is 0 Å². The fourth-order valence-electron chi connectivity index (χ4n) is 6.05. The zero-order valence-electron chi connectivity index (χ0n) is 14.3. The predicted molar refractivity (Wildman–Crippen MR) is 97.0 cm³/mol. The summed E-state index contributed by atoms with van der Waals surface area (Å²) in [5.41, 5.74) is 11.9. The van der Waals surface area contributed by atoms with Crippen LogP contribution in [0.1, 0.15) is 52.1 Å². The van der Waals surface area contributed by atoms with Crippen molar-refractivity contribution in [2.75, 3.05) is 0 Å². The molecule has 1 N–H and O–H groups in total. The van der Waals surface area contributed by atoms with Crippen molar-refractivity contribution < 1.29 is 9.90 Å². The Morgan fingerprint density at radius 3 is 2.32 bits per heavy atom. The van der Waals surface area contributed by atoms with Gasteiger partial charge in [-0.25, -0.2) is 0 Å². The third-order valence-electron chi connectivity index (χ3n) is 7.18. The summed E-state index contributed by atoms with van der Waals surface area (Å²) in [4.78, 5) is 11.4. The molecule has 0 bridgehead atoms. The highest BCUT2D eigenvalue weighted by molar-refractivity contribution is 5.80. The third-order valence-corrected chi connectivity index (χ3v) is 7.18. The molecular weight excluding hydrogens is 308 g/mol. The van der Waals surface area contributed by atoms with Crippen LogP contribution in [-0.4, -0.2) is 11.1 Å². The van der Waals surface area contributed by atoms with Gasteiger partial charge in [-0.15, -0.1) is 0 Å². The van der Waals surface area contributed by atoms with Crippen LogP contribution in [0.2, 0.25) is 0 Å². The first kappa shape index (κ1) is 14.1. The molecule has 0 saturated heterocycles. The second kappa shape index (κ2) is 4.75. The Balaban J connectivity index is 1.51. The van der Waals surface area contributed by atoms with Gasteiger partial charge in [0.1, 0.15) is 0 Å². The third kappa shape index (κ3) is 1.83. The lowest BCUT2D eigenvalue weighted by atomic mass is 9.87. The fourth-order valence-corrected chi connectivity index (χ4v) is 6.05. The molecule has 126 valence electrons. The van der Waals surface area contributed by atoms with Gasteiger partial charge in [0.25, 0.3) is 0 Å². The molecule has 2 aromatic carbocycles. The van der Waals surface area contributed by atoms with Crippen molar-refractivity contribution in [3.63, 3.8) is 0 Å². The quantitative estimate of drug-likeness (QED) is 0.891. The summed E-state index contributed by atoms with van der Waals surface area (Å²) in [7, 11) is 0. The average Bonchev–Trinajstić information content (AvgIpc) is 3.01. The van der Waals surface area contributed by atoms with Gasteiger partial charge in [-0.05, 0) is 95.4 Å². The monoisotopic (exact) mass is 330 g/mol. The highest BCUT2D eigenvalue weighted by Gasteiger charge is 2.59. The molecule has 2 aromatic rings. The largest absolute Gasteiger partial charge is 0.481 e. The maximum Gasteiger partial charge on any atom is 0.307 e. The topological polar surface area (TPSA) is 37.3 Å². The maximum absolute atomic E-state index is 11.4. The molecule has 0 radical (unpaired) electrons. The number of hydrogen-bond acceptors (Lipinski definition) is 1. The summed E-state index contributed by atoms with van der Waals surface area (Å²) in [6.07, 6.45) is 8.39. The van der Waals surface area contributed by atoms with E-state index in [1.54, 1.807) is 22.3 Å². The lowest BCUT2D eigenvalue weighted by Gasteiger charge is -2.17. The molecule has 1 fully saturated rings. The Morgan fingerprint density at radius 1 is 0.920 bits per heavy atom. The molecule has 0 spiro atoms. The normalized spacial score (nSPS) is 27.6. The van der Waals surface area contributed by atoms with Crippen molar-refractivity contribution >= 4 is 5.97 Å². The van der Waals surface area contributed by atoms with E-state index in [9.17, 15) is 9.90 Å². The minimum absolute atomic E-state index is 0.130. The minimum Gasteiger partial charge on any atom is -0.481 e. The summed E-state index contributed by atoms with van der Waals surface area (Å²) in [6.45, 7) is 0. The van der Waals surface area contributed by atoms with Crippen LogP contribution in [0.15, 0.2) is 24.3 Å². The zero-order chi connectivity index (χ0) is 16.7. The molecule has 2 nitrogen and oxygen atoms in total. The van der Waals surface area contributed by atoms with Crippen LogP contribution in [0.25, 0.3) is 11.1 Å². The second-order valence-electron chi connectivity index (χ2n) is 8.41. The molecular formula is C23H22O2. The Kier molecular flexibility index (Phi) is 2.68. The van der Waals surface area contributed by atoms with Crippen LogP contribution in [0, 0.1) is 11.8 Å². The number of aryl methyl sites for hydroxylation is 2. The summed E-state index contributed by atoms with van der Waals surface area (Å²) in [5.74, 6) is -0.102. The van der Waals surface area contributed by atoms with Crippen molar-refractivity contribution in [1.82, 2.24) is 0 Å². The van der Waals surface area contributed by atoms with Crippen molar-refractivity contribution in [1.29, 1.82) is 0 Å². The number of aliphatic carboxylic acids is 1. The van der Waals surface area contributed by atoms with E-state index in [0.717, 1.165) is 6.42 Å². The first-order chi connectivity index (χ1) is 12.2. The van der Waals surface area contributed by atoms with E-state index in [4.69, 9.17) is 0 Å². The molecule has 6 rings (SSSR count). The molecule has 0 amide bonds. The average molecular weight is 330 g/mol. The van der Waals surface area contributed by atoms with Gasteiger partial charge in [-0.2, -0.15) is 0 Å². The van der Waals surface area contributed by atoms with Gasteiger partial charge in [-0.1, -0.05) is 24.3 Å². The highest BCUT2D eigenvalue weighted by Crippen LogP contribution is 2.62. The van der Waals surface area contributed by atoms with E-state index >= 15 is 0 Å². The van der Waals surface area contributed by atoms with E-state index < -0.39 is 5.97 Å². The molecule has 3 unspecified atom stereocenters. The van der Waals surface area contributed by atoms with E-state index in [-0.39, 0.29) is 11.8 Å². The number of carboxylic acid groups (broad SMARTS) is 1. The van der Waals surface area contributed by atoms with Crippen LogP contribution < -0.4 is 0 Å². The molecule has 2 heteroatoms. The van der Waals surface area contributed by atoms with Gasteiger partial charge in [0.2, 0.25) is 0 Å². The minimum atomic E-state index is -0.604. The van der Waals surface area contributed by atoms with Crippen molar-refractivity contribution in [3.8, 4) is 11.1 Å². The predicted octanol–water partition coefficient (Wildman–Crippen LogP) is 4.30. The lowest BCUT2D eigenvalue weighted by molar-refractivity contribution is -0.139. The summed E-state index contributed by atoms with van der Waals surface area (Å²) >= 11 is 0. The highest BCUT2D eigenvalue weighted by atomic mass is 16.4. The molecule has 0 aliphatic heterocycles. The van der Waals surface area contributed by atoms with Crippen LogP contribution >= 0.6 is 0 Å². The van der Waals surface area contributed by atoms with Crippen molar-refractivity contribution in [3.05, 3.63) is 57.6 Å². The summed E-state index contributed by atoms with van der Waals surface area (Å²) in [6, 6.07) is 9.44. The Bertz CT molecular complexity index is 907. The SMILES string of the molecule is O=C(O)C1C2Cc3ccc(-c4c5c(cc6c4CCC6)CCC5)cc3C21. The molecule has 1 saturated carbocycles. The smallest absolute Gasteiger partial charge is 0.307 e. The van der Waals surface area contributed by atoms with Gasteiger partial charge >= 0.3 is 5.97 Å². The molecule has 4 aliphatic carbocycles. The van der Waals surface area contributed by atoms with E-state index in [0.29, 0.717) is 5.92 Å². The lowest BCUT2D eigenvalue weighted by Crippen LogP contribution is -2.05. The fraction of sp³-hybridized carbons (Fsp3) is 0.435. The van der Waals surface area contributed by atoms with Crippen LogP contribution in [0.5, 0.6) is 0 Å². The van der Waals surface area contributed by atoms with Crippen molar-refractivity contribution in [2.24, 2.45) is 11.8 Å². The molecule has 0 heterocycles. The number of carbonyl (C=O) groups is 1. The number of fused-ring (bicyclic) bond motifs is 5. The molecule has 0 aromatic heterocycles. The maximum atomic E-state index is 11.4. The van der Waals surface area contributed by atoms with Crippen LogP contribution in [-0.2, 0) is 36.9 Å². The van der Waals surface area contributed by atoms with Crippen molar-refractivity contribution in [2.45, 2.75) is 50.9 Å². The number of carboxylic acids is 1. The molecule has 25 heavy (non-hydrogen) atoms. The standard InChI is InChI=1S/C23H22O2/c24-23(25)22-19-10-14-7-8-15(11-18(14)21(19)22)20-16-5-1-3-12(16)9-13-4-2-6-17(13)20/h7-9,11,19,21-22H,1-6,10H2,(H,24,25). The summed E-state index contributed by atoms with van der Waals surface area (Å²) in [5, 5.41) is 9.42. The zero-order valence-corrected chi connectivity index (χ0v) is 14.3. The van der Waals surface area contributed by atoms with Gasteiger partial charge in [0.15, 0.2) is 0 Å². The Labute approximate surface area is 147 Å². The molecule has 4 aliphatic rings. The summed E-state index contributed by atoms with van der Waals surface area (Å²) < 4.78 is 0. The van der Waals surface area contributed by atoms with E-state index in [1.807, 2.05) is 0 Å². The Morgan fingerprint density at radius 2 is 1.64 bits per heavy atom. The Hall–Kier alpha value is -2.09. The van der Waals surface area contributed by atoms with Gasteiger partial charge in [-0.3, -0.25) is 4.79 Å².